The Labute approximate surface area is 149 Å². The lowest BCUT2D eigenvalue weighted by molar-refractivity contribution is -0.116. The van der Waals surface area contributed by atoms with Crippen LogP contribution in [0.1, 0.15) is 17.5 Å². The second kappa shape index (κ2) is 7.93. The smallest absolute Gasteiger partial charge is 0.225 e. The van der Waals surface area contributed by atoms with E-state index in [0.29, 0.717) is 19.4 Å². The Morgan fingerprint density at radius 1 is 1.04 bits per heavy atom. The highest BCUT2D eigenvalue weighted by Gasteiger charge is 2.08. The van der Waals surface area contributed by atoms with Gasteiger partial charge in [-0.15, -0.1) is 0 Å². The lowest BCUT2D eigenvalue weighted by atomic mass is 10.1. The number of halogens is 1. The molecule has 0 saturated carbocycles. The molecule has 0 saturated heterocycles. The van der Waals surface area contributed by atoms with E-state index in [1.54, 1.807) is 10.9 Å². The van der Waals surface area contributed by atoms with Crippen molar-refractivity contribution in [1.82, 2.24) is 9.78 Å². The number of benzene rings is 2. The van der Waals surface area contributed by atoms with E-state index in [2.05, 4.69) is 26.3 Å². The van der Waals surface area contributed by atoms with Crippen LogP contribution in [0.3, 0.4) is 0 Å². The lowest BCUT2D eigenvalue weighted by Crippen LogP contribution is -2.16. The first-order valence-corrected chi connectivity index (χ1v) is 8.60. The van der Waals surface area contributed by atoms with Gasteiger partial charge in [0.05, 0.1) is 12.7 Å². The Morgan fingerprint density at radius 3 is 2.62 bits per heavy atom. The Balaban J connectivity index is 1.58. The predicted octanol–water partition coefficient (Wildman–Crippen LogP) is 4.27. The van der Waals surface area contributed by atoms with Crippen molar-refractivity contribution in [2.24, 2.45) is 0 Å². The third-order valence-electron chi connectivity index (χ3n) is 3.69. The molecule has 1 heterocycles. The van der Waals surface area contributed by atoms with Crippen LogP contribution in [0, 0.1) is 0 Å². The Morgan fingerprint density at radius 2 is 1.83 bits per heavy atom. The molecule has 0 aliphatic carbocycles. The highest BCUT2D eigenvalue weighted by molar-refractivity contribution is 9.10. The average Bonchev–Trinajstić information content (AvgIpc) is 3.01. The zero-order valence-electron chi connectivity index (χ0n) is 13.2. The summed E-state index contributed by atoms with van der Waals surface area (Å²) in [4.78, 5) is 12.2. The van der Waals surface area contributed by atoms with E-state index in [0.717, 1.165) is 21.4 Å². The van der Waals surface area contributed by atoms with Crippen molar-refractivity contribution in [3.8, 4) is 0 Å². The molecule has 5 heteroatoms. The molecule has 0 spiro atoms. The van der Waals surface area contributed by atoms with Gasteiger partial charge >= 0.3 is 0 Å². The average molecular weight is 384 g/mol. The monoisotopic (exact) mass is 383 g/mol. The summed E-state index contributed by atoms with van der Waals surface area (Å²) in [6.45, 7) is 0.634. The Bertz CT molecular complexity index is 814. The number of carbonyl (C=O) groups is 1. The standard InChI is InChI=1S/C19H18BrN3O/c20-17-8-4-7-15(13-17)9-10-19(24)22-18-11-12-21-23(18)14-16-5-2-1-3-6-16/h1-8,11-13H,9-10,14H2,(H,22,24). The fourth-order valence-electron chi connectivity index (χ4n) is 2.48. The minimum absolute atomic E-state index is 0.00946. The van der Waals surface area contributed by atoms with Crippen LogP contribution < -0.4 is 5.32 Å². The van der Waals surface area contributed by atoms with Gasteiger partial charge in [0, 0.05) is 17.0 Å². The van der Waals surface area contributed by atoms with Gasteiger partial charge in [-0.1, -0.05) is 58.4 Å². The van der Waals surface area contributed by atoms with Crippen molar-refractivity contribution in [1.29, 1.82) is 0 Å². The molecule has 3 aromatic rings. The van der Waals surface area contributed by atoms with Gasteiger partial charge in [-0.2, -0.15) is 5.10 Å². The second-order valence-corrected chi connectivity index (χ2v) is 6.45. The molecule has 1 aromatic heterocycles. The lowest BCUT2D eigenvalue weighted by Gasteiger charge is -2.09. The van der Waals surface area contributed by atoms with Gasteiger partial charge in [0.2, 0.25) is 5.91 Å². The summed E-state index contributed by atoms with van der Waals surface area (Å²) in [6, 6.07) is 19.9. The molecule has 122 valence electrons. The van der Waals surface area contributed by atoms with Crippen molar-refractivity contribution < 1.29 is 4.79 Å². The van der Waals surface area contributed by atoms with Gasteiger partial charge in [0.25, 0.3) is 0 Å². The molecule has 0 aliphatic heterocycles. The van der Waals surface area contributed by atoms with E-state index in [4.69, 9.17) is 0 Å². The van der Waals surface area contributed by atoms with E-state index >= 15 is 0 Å². The number of rotatable bonds is 6. The van der Waals surface area contributed by atoms with Gasteiger partial charge in [0.15, 0.2) is 0 Å². The molecule has 0 fully saturated rings. The van der Waals surface area contributed by atoms with E-state index in [9.17, 15) is 4.79 Å². The third-order valence-corrected chi connectivity index (χ3v) is 4.18. The first kappa shape index (κ1) is 16.5. The van der Waals surface area contributed by atoms with Gasteiger partial charge < -0.3 is 5.32 Å². The summed E-state index contributed by atoms with van der Waals surface area (Å²) in [7, 11) is 0. The molecule has 3 rings (SSSR count). The van der Waals surface area contributed by atoms with E-state index in [1.807, 2.05) is 60.7 Å². The minimum atomic E-state index is -0.00946. The van der Waals surface area contributed by atoms with Crippen LogP contribution in [-0.2, 0) is 17.8 Å². The molecule has 1 N–H and O–H groups in total. The van der Waals surface area contributed by atoms with Crippen molar-refractivity contribution in [3.63, 3.8) is 0 Å². The number of nitrogens with zero attached hydrogens (tertiary/aromatic N) is 2. The molecular weight excluding hydrogens is 366 g/mol. The molecule has 0 aliphatic rings. The number of hydrogen-bond donors (Lipinski definition) is 1. The molecule has 4 nitrogen and oxygen atoms in total. The summed E-state index contributed by atoms with van der Waals surface area (Å²) >= 11 is 3.45. The second-order valence-electron chi connectivity index (χ2n) is 5.54. The highest BCUT2D eigenvalue weighted by atomic mass is 79.9. The van der Waals surface area contributed by atoms with Crippen LogP contribution in [0.15, 0.2) is 71.3 Å². The largest absolute Gasteiger partial charge is 0.311 e. The summed E-state index contributed by atoms with van der Waals surface area (Å²) in [6.07, 6.45) is 2.85. The van der Waals surface area contributed by atoms with E-state index < -0.39 is 0 Å². The van der Waals surface area contributed by atoms with Gasteiger partial charge in [-0.3, -0.25) is 4.79 Å². The van der Waals surface area contributed by atoms with Crippen LogP contribution in [0.2, 0.25) is 0 Å². The Hall–Kier alpha value is -2.40. The molecule has 0 bridgehead atoms. The zero-order chi connectivity index (χ0) is 16.8. The van der Waals surface area contributed by atoms with Crippen LogP contribution in [-0.4, -0.2) is 15.7 Å². The molecule has 0 atom stereocenters. The summed E-state index contributed by atoms with van der Waals surface area (Å²) in [5.41, 5.74) is 2.28. The Kier molecular flexibility index (Phi) is 5.43. The minimum Gasteiger partial charge on any atom is -0.311 e. The predicted molar refractivity (Wildman–Crippen MR) is 98.9 cm³/mol. The maximum Gasteiger partial charge on any atom is 0.225 e. The van der Waals surface area contributed by atoms with E-state index in [1.165, 1.54) is 0 Å². The number of carbonyl (C=O) groups excluding carboxylic acids is 1. The number of hydrogen-bond acceptors (Lipinski definition) is 2. The summed E-state index contributed by atoms with van der Waals surface area (Å²) in [5.74, 6) is 0.711. The molecule has 0 radical (unpaired) electrons. The van der Waals surface area contributed by atoms with Crippen LogP contribution in [0.25, 0.3) is 0 Å². The summed E-state index contributed by atoms with van der Waals surface area (Å²) in [5, 5.41) is 7.24. The highest BCUT2D eigenvalue weighted by Crippen LogP contribution is 2.14. The molecular formula is C19H18BrN3O. The molecule has 1 amide bonds. The van der Waals surface area contributed by atoms with Crippen molar-refractivity contribution in [2.45, 2.75) is 19.4 Å². The van der Waals surface area contributed by atoms with Crippen LogP contribution in [0.4, 0.5) is 5.82 Å². The fourth-order valence-corrected chi connectivity index (χ4v) is 2.92. The normalized spacial score (nSPS) is 10.5. The number of anilines is 1. The fraction of sp³-hybridized carbons (Fsp3) is 0.158. The number of aromatic nitrogens is 2. The van der Waals surface area contributed by atoms with E-state index in [-0.39, 0.29) is 5.91 Å². The maximum absolute atomic E-state index is 12.2. The van der Waals surface area contributed by atoms with Crippen molar-refractivity contribution >= 4 is 27.7 Å². The third kappa shape index (κ3) is 4.55. The maximum atomic E-state index is 12.2. The van der Waals surface area contributed by atoms with Crippen LogP contribution in [0.5, 0.6) is 0 Å². The van der Waals surface area contributed by atoms with Crippen LogP contribution >= 0.6 is 15.9 Å². The molecule has 24 heavy (non-hydrogen) atoms. The zero-order valence-corrected chi connectivity index (χ0v) is 14.7. The first-order valence-electron chi connectivity index (χ1n) is 7.81. The van der Waals surface area contributed by atoms with Crippen molar-refractivity contribution in [3.05, 3.63) is 82.5 Å². The van der Waals surface area contributed by atoms with Gasteiger partial charge in [0.1, 0.15) is 5.82 Å². The number of nitrogens with one attached hydrogen (secondary N) is 1. The quantitative estimate of drug-likeness (QED) is 0.690. The number of aryl methyl sites for hydroxylation is 1. The molecule has 0 unspecified atom stereocenters. The SMILES string of the molecule is O=C(CCc1cccc(Br)c1)Nc1ccnn1Cc1ccccc1. The van der Waals surface area contributed by atoms with Gasteiger partial charge in [-0.05, 0) is 29.7 Å². The van der Waals surface area contributed by atoms with Gasteiger partial charge in [-0.25, -0.2) is 4.68 Å². The topological polar surface area (TPSA) is 46.9 Å². The summed E-state index contributed by atoms with van der Waals surface area (Å²) < 4.78 is 2.83. The van der Waals surface area contributed by atoms with Crippen molar-refractivity contribution in [2.75, 3.05) is 5.32 Å². The number of amides is 1. The molecule has 2 aromatic carbocycles. The first-order chi connectivity index (χ1) is 11.7.